The number of fused-ring (bicyclic) bond motifs is 1. The highest BCUT2D eigenvalue weighted by Gasteiger charge is 2.51. The molecule has 0 aliphatic heterocycles. The molecule has 2 aromatic carbocycles. The maximum atomic E-state index is 14.2. The van der Waals surface area contributed by atoms with Crippen molar-refractivity contribution in [3.05, 3.63) is 52.8 Å². The third kappa shape index (κ3) is 2.82. The van der Waals surface area contributed by atoms with Crippen LogP contribution in [0.2, 0.25) is 0 Å². The molecule has 0 bridgehead atoms. The van der Waals surface area contributed by atoms with E-state index in [0.29, 0.717) is 4.90 Å². The Hall–Kier alpha value is -2.20. The molecular weight excluding hydrogens is 342 g/mol. The molecule has 1 atom stereocenters. The monoisotopic (exact) mass is 353 g/mol. The lowest BCUT2D eigenvalue weighted by molar-refractivity contribution is -0.0607. The molecule has 2 nitrogen and oxygen atoms in total. The molecule has 2 aromatic rings. The number of rotatable bonds is 3. The SMILES string of the molecule is CSc1ccc(Oc2cc(F)cc(C#N)c2)c2c1CC(F)(F)C2F. The van der Waals surface area contributed by atoms with Crippen molar-refractivity contribution < 1.29 is 22.3 Å². The predicted octanol–water partition coefficient (Wildman–Crippen LogP) is 5.41. The lowest BCUT2D eigenvalue weighted by atomic mass is 10.1. The molecule has 1 aliphatic carbocycles. The van der Waals surface area contributed by atoms with E-state index in [1.54, 1.807) is 18.4 Å². The summed E-state index contributed by atoms with van der Waals surface area (Å²) in [6.45, 7) is 0. The Labute approximate surface area is 140 Å². The number of halogens is 4. The van der Waals surface area contributed by atoms with E-state index in [2.05, 4.69) is 0 Å². The molecule has 0 N–H and O–H groups in total. The second-order valence-corrected chi connectivity index (χ2v) is 6.20. The number of nitriles is 1. The molecular formula is C17H11F4NOS. The van der Waals surface area contributed by atoms with E-state index in [-0.39, 0.29) is 28.2 Å². The summed E-state index contributed by atoms with van der Waals surface area (Å²) in [6, 6.07) is 8.01. The minimum absolute atomic E-state index is 0.0181. The molecule has 124 valence electrons. The topological polar surface area (TPSA) is 33.0 Å². The Morgan fingerprint density at radius 1 is 1.29 bits per heavy atom. The first-order valence-electron chi connectivity index (χ1n) is 6.96. The van der Waals surface area contributed by atoms with Gasteiger partial charge in [-0.2, -0.15) is 5.26 Å². The fourth-order valence-electron chi connectivity index (χ4n) is 2.71. The Bertz CT molecular complexity index is 847. The second-order valence-electron chi connectivity index (χ2n) is 5.35. The summed E-state index contributed by atoms with van der Waals surface area (Å²) in [4.78, 5) is 0.550. The molecule has 0 fully saturated rings. The van der Waals surface area contributed by atoms with E-state index in [1.165, 1.54) is 23.9 Å². The smallest absolute Gasteiger partial charge is 0.287 e. The van der Waals surface area contributed by atoms with E-state index in [0.717, 1.165) is 12.1 Å². The van der Waals surface area contributed by atoms with Crippen LogP contribution in [0.3, 0.4) is 0 Å². The van der Waals surface area contributed by atoms with Gasteiger partial charge in [0, 0.05) is 22.9 Å². The van der Waals surface area contributed by atoms with Crippen molar-refractivity contribution in [2.24, 2.45) is 0 Å². The maximum absolute atomic E-state index is 14.2. The maximum Gasteiger partial charge on any atom is 0.287 e. The minimum Gasteiger partial charge on any atom is -0.457 e. The van der Waals surface area contributed by atoms with Gasteiger partial charge >= 0.3 is 0 Å². The van der Waals surface area contributed by atoms with Gasteiger partial charge in [0.15, 0.2) is 6.17 Å². The van der Waals surface area contributed by atoms with Crippen LogP contribution < -0.4 is 4.74 Å². The van der Waals surface area contributed by atoms with Gasteiger partial charge in [0.1, 0.15) is 17.3 Å². The van der Waals surface area contributed by atoms with Crippen molar-refractivity contribution in [2.75, 3.05) is 6.26 Å². The predicted molar refractivity (Wildman–Crippen MR) is 81.9 cm³/mol. The standard InChI is InChI=1S/C17H11F4NOS/c1-24-14-3-2-13(15-12(14)7-17(20,21)16(15)19)23-11-5-9(8-22)4-10(18)6-11/h2-6,16H,7H2,1H3. The molecule has 3 rings (SSSR count). The fraction of sp³-hybridized carbons (Fsp3) is 0.235. The lowest BCUT2D eigenvalue weighted by Gasteiger charge is -2.15. The largest absolute Gasteiger partial charge is 0.457 e. The molecule has 0 saturated carbocycles. The molecule has 0 amide bonds. The third-order valence-electron chi connectivity index (χ3n) is 3.76. The zero-order valence-corrected chi connectivity index (χ0v) is 13.3. The van der Waals surface area contributed by atoms with Crippen LogP contribution in [0.1, 0.15) is 22.9 Å². The number of ether oxygens (including phenoxy) is 1. The third-order valence-corrected chi connectivity index (χ3v) is 4.58. The summed E-state index contributed by atoms with van der Waals surface area (Å²) < 4.78 is 60.8. The quantitative estimate of drug-likeness (QED) is 0.546. The fourth-order valence-corrected chi connectivity index (χ4v) is 3.35. The highest BCUT2D eigenvalue weighted by Crippen LogP contribution is 2.52. The first kappa shape index (κ1) is 16.7. The van der Waals surface area contributed by atoms with Crippen LogP contribution in [0.15, 0.2) is 35.2 Å². The van der Waals surface area contributed by atoms with E-state index < -0.39 is 24.3 Å². The molecule has 0 aromatic heterocycles. The first-order chi connectivity index (χ1) is 11.4. The highest BCUT2D eigenvalue weighted by molar-refractivity contribution is 7.98. The summed E-state index contributed by atoms with van der Waals surface area (Å²) in [7, 11) is 0. The van der Waals surface area contributed by atoms with Crippen LogP contribution in [-0.4, -0.2) is 12.2 Å². The van der Waals surface area contributed by atoms with Crippen LogP contribution >= 0.6 is 11.8 Å². The summed E-state index contributed by atoms with van der Waals surface area (Å²) in [6.07, 6.45) is -1.48. The Morgan fingerprint density at radius 2 is 2.04 bits per heavy atom. The van der Waals surface area contributed by atoms with E-state index in [1.807, 2.05) is 0 Å². The molecule has 24 heavy (non-hydrogen) atoms. The molecule has 0 saturated heterocycles. The van der Waals surface area contributed by atoms with Gasteiger partial charge in [-0.3, -0.25) is 0 Å². The van der Waals surface area contributed by atoms with E-state index >= 15 is 0 Å². The molecule has 7 heteroatoms. The molecule has 1 aliphatic rings. The molecule has 0 heterocycles. The number of benzene rings is 2. The van der Waals surface area contributed by atoms with Gasteiger partial charge in [-0.1, -0.05) is 0 Å². The number of thioether (sulfide) groups is 1. The van der Waals surface area contributed by atoms with Crippen LogP contribution in [0.25, 0.3) is 0 Å². The van der Waals surface area contributed by atoms with Gasteiger partial charge in [-0.05, 0) is 36.1 Å². The van der Waals surface area contributed by atoms with Gasteiger partial charge in [0.05, 0.1) is 11.6 Å². The van der Waals surface area contributed by atoms with Crippen molar-refractivity contribution in [1.82, 2.24) is 0 Å². The van der Waals surface area contributed by atoms with Crippen LogP contribution in [-0.2, 0) is 6.42 Å². The van der Waals surface area contributed by atoms with Crippen molar-refractivity contribution >= 4 is 11.8 Å². The molecule has 0 spiro atoms. The average molecular weight is 353 g/mol. The van der Waals surface area contributed by atoms with Crippen LogP contribution in [0.4, 0.5) is 17.6 Å². The lowest BCUT2D eigenvalue weighted by Crippen LogP contribution is -2.18. The Morgan fingerprint density at radius 3 is 2.71 bits per heavy atom. The molecule has 1 unspecified atom stereocenters. The summed E-state index contributed by atoms with van der Waals surface area (Å²) >= 11 is 1.24. The summed E-state index contributed by atoms with van der Waals surface area (Å²) in [5, 5.41) is 8.85. The van der Waals surface area contributed by atoms with Crippen molar-refractivity contribution in [1.29, 1.82) is 5.26 Å². The van der Waals surface area contributed by atoms with Crippen LogP contribution in [0, 0.1) is 17.1 Å². The van der Waals surface area contributed by atoms with Crippen molar-refractivity contribution in [2.45, 2.75) is 23.4 Å². The highest BCUT2D eigenvalue weighted by atomic mass is 32.2. The zero-order valence-electron chi connectivity index (χ0n) is 12.4. The summed E-state index contributed by atoms with van der Waals surface area (Å²) in [5.41, 5.74) is 0.00790. The van der Waals surface area contributed by atoms with Crippen LogP contribution in [0.5, 0.6) is 11.5 Å². The van der Waals surface area contributed by atoms with Gasteiger partial charge in [0.25, 0.3) is 5.92 Å². The number of hydrogen-bond donors (Lipinski definition) is 0. The van der Waals surface area contributed by atoms with Crippen molar-refractivity contribution in [3.8, 4) is 17.6 Å². The van der Waals surface area contributed by atoms with Gasteiger partial charge in [0.2, 0.25) is 0 Å². The Balaban J connectivity index is 2.07. The summed E-state index contributed by atoms with van der Waals surface area (Å²) in [5.74, 6) is -4.36. The van der Waals surface area contributed by atoms with E-state index in [9.17, 15) is 17.6 Å². The van der Waals surface area contributed by atoms with Gasteiger partial charge in [-0.15, -0.1) is 11.8 Å². The normalized spacial score (nSPS) is 18.1. The van der Waals surface area contributed by atoms with Gasteiger partial charge in [-0.25, -0.2) is 17.6 Å². The minimum atomic E-state index is -3.51. The first-order valence-corrected chi connectivity index (χ1v) is 8.18. The van der Waals surface area contributed by atoms with E-state index in [4.69, 9.17) is 10.00 Å². The van der Waals surface area contributed by atoms with Crippen molar-refractivity contribution in [3.63, 3.8) is 0 Å². The zero-order chi connectivity index (χ0) is 17.5. The average Bonchev–Trinajstić information content (AvgIpc) is 2.77. The number of alkyl halides is 3. The number of hydrogen-bond acceptors (Lipinski definition) is 3. The Kier molecular flexibility index (Phi) is 4.18. The molecule has 0 radical (unpaired) electrons. The number of nitrogens with zero attached hydrogens (tertiary/aromatic N) is 1. The second kappa shape index (κ2) is 6.02. The van der Waals surface area contributed by atoms with Gasteiger partial charge < -0.3 is 4.74 Å².